The Morgan fingerprint density at radius 1 is 0.958 bits per heavy atom. The lowest BCUT2D eigenvalue weighted by atomic mass is 10.0. The monoisotopic (exact) mass is 335 g/mol. The van der Waals surface area contributed by atoms with Crippen molar-refractivity contribution >= 4 is 28.7 Å². The molecule has 3 rings (SSSR count). The molecular weight excluding hydrogens is 318 g/mol. The van der Waals surface area contributed by atoms with Gasteiger partial charge in [0, 0.05) is 16.8 Å². The second-order valence-electron chi connectivity index (χ2n) is 5.36. The molecular formula is C20H17NO2S. The molecule has 1 heterocycles. The second-order valence-corrected chi connectivity index (χ2v) is 6.27. The Hall–Kier alpha value is -2.72. The fraction of sp³-hybridized carbons (Fsp3) is 0.100. The highest BCUT2D eigenvalue weighted by atomic mass is 32.1. The van der Waals surface area contributed by atoms with E-state index < -0.39 is 0 Å². The molecule has 0 aliphatic rings. The number of benzene rings is 2. The van der Waals surface area contributed by atoms with Crippen molar-refractivity contribution in [3.63, 3.8) is 0 Å². The van der Waals surface area contributed by atoms with Crippen molar-refractivity contribution in [3.8, 4) is 0 Å². The third-order valence-electron chi connectivity index (χ3n) is 3.75. The lowest BCUT2D eigenvalue weighted by Gasteiger charge is -2.07. The van der Waals surface area contributed by atoms with E-state index in [2.05, 4.69) is 5.32 Å². The average molecular weight is 335 g/mol. The summed E-state index contributed by atoms with van der Waals surface area (Å²) in [5, 5.41) is 4.80. The zero-order chi connectivity index (χ0) is 16.9. The highest BCUT2D eigenvalue weighted by Crippen LogP contribution is 2.20. The first-order valence-corrected chi connectivity index (χ1v) is 8.64. The van der Waals surface area contributed by atoms with Crippen molar-refractivity contribution in [1.29, 1.82) is 0 Å². The lowest BCUT2D eigenvalue weighted by Crippen LogP contribution is -2.12. The van der Waals surface area contributed by atoms with Crippen molar-refractivity contribution in [2.24, 2.45) is 0 Å². The molecule has 1 amide bonds. The van der Waals surface area contributed by atoms with Crippen LogP contribution < -0.4 is 5.32 Å². The van der Waals surface area contributed by atoms with Crippen LogP contribution in [0.3, 0.4) is 0 Å². The molecule has 3 aromatic rings. The van der Waals surface area contributed by atoms with Gasteiger partial charge in [0.15, 0.2) is 5.78 Å². The fourth-order valence-corrected chi connectivity index (χ4v) is 3.39. The number of carbonyl (C=O) groups is 2. The molecule has 4 heteroatoms. The van der Waals surface area contributed by atoms with Crippen LogP contribution in [0.1, 0.15) is 38.1 Å². The summed E-state index contributed by atoms with van der Waals surface area (Å²) < 4.78 is 0. The molecule has 1 aromatic heterocycles. The van der Waals surface area contributed by atoms with Crippen LogP contribution in [0.2, 0.25) is 0 Å². The highest BCUT2D eigenvalue weighted by Gasteiger charge is 2.14. The van der Waals surface area contributed by atoms with Gasteiger partial charge < -0.3 is 5.32 Å². The molecule has 0 radical (unpaired) electrons. The van der Waals surface area contributed by atoms with E-state index in [0.717, 1.165) is 16.9 Å². The maximum absolute atomic E-state index is 12.5. The van der Waals surface area contributed by atoms with Crippen LogP contribution in [-0.4, -0.2) is 11.7 Å². The summed E-state index contributed by atoms with van der Waals surface area (Å²) in [7, 11) is 0. The van der Waals surface area contributed by atoms with E-state index in [-0.39, 0.29) is 11.7 Å². The minimum Gasteiger partial charge on any atom is -0.321 e. The number of amides is 1. The predicted molar refractivity (Wildman–Crippen MR) is 98.0 cm³/mol. The fourth-order valence-electron chi connectivity index (χ4n) is 2.50. The molecule has 0 saturated heterocycles. The first kappa shape index (κ1) is 16.1. The van der Waals surface area contributed by atoms with E-state index in [9.17, 15) is 9.59 Å². The zero-order valence-corrected chi connectivity index (χ0v) is 14.1. The third kappa shape index (κ3) is 3.44. The number of nitrogens with one attached hydrogen (secondary N) is 1. The highest BCUT2D eigenvalue weighted by molar-refractivity contribution is 7.12. The zero-order valence-electron chi connectivity index (χ0n) is 13.3. The van der Waals surface area contributed by atoms with Crippen LogP contribution in [0.4, 0.5) is 5.69 Å². The van der Waals surface area contributed by atoms with Crippen LogP contribution in [0, 0.1) is 0 Å². The van der Waals surface area contributed by atoms with E-state index in [1.54, 1.807) is 36.4 Å². The van der Waals surface area contributed by atoms with Gasteiger partial charge in [-0.15, -0.1) is 11.3 Å². The van der Waals surface area contributed by atoms with E-state index in [1.165, 1.54) is 11.3 Å². The maximum atomic E-state index is 12.5. The van der Waals surface area contributed by atoms with Crippen LogP contribution in [0.25, 0.3) is 0 Å². The van der Waals surface area contributed by atoms with Crippen molar-refractivity contribution in [1.82, 2.24) is 0 Å². The molecule has 1 N–H and O–H groups in total. The molecule has 0 aliphatic heterocycles. The number of ketones is 1. The van der Waals surface area contributed by atoms with Gasteiger partial charge in [-0.2, -0.15) is 0 Å². The van der Waals surface area contributed by atoms with Gasteiger partial charge in [0.1, 0.15) is 0 Å². The maximum Gasteiger partial charge on any atom is 0.266 e. The van der Waals surface area contributed by atoms with Crippen LogP contribution in [0.5, 0.6) is 0 Å². The quantitative estimate of drug-likeness (QED) is 0.681. The van der Waals surface area contributed by atoms with Gasteiger partial charge in [0.05, 0.1) is 4.88 Å². The number of hydrogen-bond donors (Lipinski definition) is 1. The van der Waals surface area contributed by atoms with E-state index >= 15 is 0 Å². The molecule has 2 aromatic carbocycles. The minimum atomic E-state index is -0.133. The summed E-state index contributed by atoms with van der Waals surface area (Å²) >= 11 is 1.43. The van der Waals surface area contributed by atoms with Gasteiger partial charge >= 0.3 is 0 Å². The number of hydrogen-bond acceptors (Lipinski definition) is 3. The minimum absolute atomic E-state index is 0.0583. The second kappa shape index (κ2) is 7.23. The summed E-state index contributed by atoms with van der Waals surface area (Å²) in [6.45, 7) is 2.03. The molecule has 24 heavy (non-hydrogen) atoms. The van der Waals surface area contributed by atoms with Gasteiger partial charge in [-0.25, -0.2) is 0 Å². The Labute approximate surface area is 145 Å². The first-order chi connectivity index (χ1) is 11.7. The SMILES string of the molecule is CCc1ccsc1C(=O)Nc1cccc(C(=O)c2ccccc2)c1. The Bertz CT molecular complexity index is 868. The normalized spacial score (nSPS) is 10.4. The van der Waals surface area contributed by atoms with Gasteiger partial charge in [-0.05, 0) is 35.6 Å². The smallest absolute Gasteiger partial charge is 0.266 e. The molecule has 0 unspecified atom stereocenters. The lowest BCUT2D eigenvalue weighted by molar-refractivity contribution is 0.102. The summed E-state index contributed by atoms with van der Waals surface area (Å²) in [5.74, 6) is -0.191. The van der Waals surface area contributed by atoms with E-state index in [4.69, 9.17) is 0 Å². The molecule has 0 aliphatic carbocycles. The van der Waals surface area contributed by atoms with Crippen molar-refractivity contribution < 1.29 is 9.59 Å². The Morgan fingerprint density at radius 2 is 1.71 bits per heavy atom. The molecule has 0 atom stereocenters. The van der Waals surface area contributed by atoms with Crippen LogP contribution in [-0.2, 0) is 6.42 Å². The Kier molecular flexibility index (Phi) is 4.87. The number of anilines is 1. The molecule has 0 bridgehead atoms. The standard InChI is InChI=1S/C20H17NO2S/c1-2-14-11-12-24-19(14)20(23)21-17-10-6-9-16(13-17)18(22)15-7-4-3-5-8-15/h3-13H,2H2,1H3,(H,21,23). The van der Waals surface area contributed by atoms with Crippen molar-refractivity contribution in [2.45, 2.75) is 13.3 Å². The molecule has 3 nitrogen and oxygen atoms in total. The van der Waals surface area contributed by atoms with Gasteiger partial charge in [-0.1, -0.05) is 49.4 Å². The van der Waals surface area contributed by atoms with Crippen LogP contribution >= 0.6 is 11.3 Å². The average Bonchev–Trinajstić information content (AvgIpc) is 3.11. The predicted octanol–water partition coefficient (Wildman–Crippen LogP) is 4.79. The van der Waals surface area contributed by atoms with Gasteiger partial charge in [-0.3, -0.25) is 9.59 Å². The van der Waals surface area contributed by atoms with Gasteiger partial charge in [0.25, 0.3) is 5.91 Å². The summed E-state index contributed by atoms with van der Waals surface area (Å²) in [6, 6.07) is 18.1. The first-order valence-electron chi connectivity index (χ1n) is 7.76. The van der Waals surface area contributed by atoms with Crippen molar-refractivity contribution in [2.75, 3.05) is 5.32 Å². The molecule has 0 saturated carbocycles. The molecule has 120 valence electrons. The number of carbonyl (C=O) groups excluding carboxylic acids is 2. The number of thiophene rings is 1. The molecule has 0 spiro atoms. The largest absolute Gasteiger partial charge is 0.321 e. The van der Waals surface area contributed by atoms with Crippen molar-refractivity contribution in [3.05, 3.63) is 87.6 Å². The molecule has 0 fully saturated rings. The third-order valence-corrected chi connectivity index (χ3v) is 4.71. The topological polar surface area (TPSA) is 46.2 Å². The van der Waals surface area contributed by atoms with Gasteiger partial charge in [0.2, 0.25) is 0 Å². The number of aryl methyl sites for hydroxylation is 1. The van der Waals surface area contributed by atoms with E-state index in [1.807, 2.05) is 36.6 Å². The van der Waals surface area contributed by atoms with E-state index in [0.29, 0.717) is 16.8 Å². The van der Waals surface area contributed by atoms with Crippen LogP contribution in [0.15, 0.2) is 66.0 Å². The number of rotatable bonds is 5. The summed E-state index contributed by atoms with van der Waals surface area (Å²) in [6.07, 6.45) is 0.818. The summed E-state index contributed by atoms with van der Waals surface area (Å²) in [5.41, 5.74) is 2.85. The Morgan fingerprint density at radius 3 is 2.46 bits per heavy atom. The summed E-state index contributed by atoms with van der Waals surface area (Å²) in [4.78, 5) is 25.6. The Balaban J connectivity index is 1.81.